The summed E-state index contributed by atoms with van der Waals surface area (Å²) in [5, 5.41) is 7.68. The molecular weight excluding hydrogens is 637 g/mol. The van der Waals surface area contributed by atoms with Gasteiger partial charge in [-0.15, -0.1) is 0 Å². The molecule has 0 aliphatic heterocycles. The van der Waals surface area contributed by atoms with E-state index < -0.39 is 0 Å². The number of nitrogens with zero attached hydrogens (tertiary/aromatic N) is 4. The Labute approximate surface area is 310 Å². The highest BCUT2D eigenvalue weighted by molar-refractivity contribution is 6.09. The Balaban J connectivity index is 1.34. The Bertz CT molecular complexity index is 2280. The van der Waals surface area contributed by atoms with E-state index in [0.717, 1.165) is 59.0 Å². The monoisotopic (exact) mass is 692 g/mol. The van der Waals surface area contributed by atoms with Gasteiger partial charge in [0.15, 0.2) is 0 Å². The lowest BCUT2D eigenvalue weighted by Gasteiger charge is -2.32. The standard InChI is InChI=1S/C47H56N4O/c1-11-12-16-42-46(45-31(5)22-30(4)23-32(45)6)33(7)49-51(42)36-24-34(29(2)3)25-38(27-36)52-37-18-19-40-39-15-13-14-17-41(39)50(43(40)28-37)44-26-35(20-21-48-44)47(8,9)10/h13-15,17-22,24-30,32,45H,11-12,16,23H2,1-10H3/t30-,32-,45?/m0/s1. The quantitative estimate of drug-likeness (QED) is 0.142. The highest BCUT2D eigenvalue weighted by Crippen LogP contribution is 2.44. The molecule has 0 radical (unpaired) electrons. The Hall–Kier alpha value is -4.64. The van der Waals surface area contributed by atoms with Crippen molar-refractivity contribution in [2.24, 2.45) is 11.8 Å². The van der Waals surface area contributed by atoms with E-state index in [2.05, 4.69) is 157 Å². The number of pyridine rings is 1. The van der Waals surface area contributed by atoms with E-state index in [1.165, 1.54) is 45.2 Å². The molecule has 1 aliphatic carbocycles. The molecule has 0 saturated heterocycles. The van der Waals surface area contributed by atoms with E-state index in [4.69, 9.17) is 14.8 Å². The molecule has 0 N–H and O–H groups in total. The van der Waals surface area contributed by atoms with Crippen LogP contribution in [0.2, 0.25) is 0 Å². The van der Waals surface area contributed by atoms with Crippen LogP contribution in [0.3, 0.4) is 0 Å². The number of aromatic nitrogens is 4. The molecule has 3 atom stereocenters. The Morgan fingerprint density at radius 2 is 1.65 bits per heavy atom. The third-order valence-electron chi connectivity index (χ3n) is 11.2. The molecule has 0 fully saturated rings. The summed E-state index contributed by atoms with van der Waals surface area (Å²) in [5.41, 5.74) is 11.2. The molecule has 5 heteroatoms. The fourth-order valence-electron chi connectivity index (χ4n) is 8.62. The first-order valence-electron chi connectivity index (χ1n) is 19.4. The van der Waals surface area contributed by atoms with Crippen LogP contribution in [-0.4, -0.2) is 19.3 Å². The SMILES string of the molecule is CCCCc1c(C2C(C)=C[C@H](C)C[C@@H]2C)c(C)nn1-c1cc(Oc2ccc3c4ccccc4n(-c4cc(C(C)(C)C)ccn4)c3c2)cc(C(C)C)c1. The average molecular weight is 693 g/mol. The van der Waals surface area contributed by atoms with E-state index in [9.17, 15) is 0 Å². The average Bonchev–Trinajstić information content (AvgIpc) is 3.60. The molecule has 270 valence electrons. The zero-order chi connectivity index (χ0) is 36.9. The first-order chi connectivity index (χ1) is 24.8. The number of fused-ring (bicyclic) bond motifs is 3. The topological polar surface area (TPSA) is 44.9 Å². The van der Waals surface area contributed by atoms with Crippen molar-refractivity contribution in [3.8, 4) is 23.0 Å². The van der Waals surface area contributed by atoms with E-state index in [1.54, 1.807) is 0 Å². The van der Waals surface area contributed by atoms with Crippen LogP contribution in [0, 0.1) is 18.8 Å². The second kappa shape index (κ2) is 14.1. The normalized spacial score (nSPS) is 18.1. The molecule has 7 rings (SSSR count). The predicted octanol–water partition coefficient (Wildman–Crippen LogP) is 12.9. The molecule has 0 bridgehead atoms. The molecule has 1 aliphatic rings. The summed E-state index contributed by atoms with van der Waals surface area (Å²) >= 11 is 0. The first-order valence-corrected chi connectivity index (χ1v) is 19.4. The summed E-state index contributed by atoms with van der Waals surface area (Å²) < 4.78 is 11.4. The lowest BCUT2D eigenvalue weighted by molar-refractivity contribution is 0.389. The minimum absolute atomic E-state index is 0.0108. The van der Waals surface area contributed by atoms with Crippen molar-refractivity contribution in [3.05, 3.63) is 119 Å². The van der Waals surface area contributed by atoms with E-state index in [0.29, 0.717) is 23.7 Å². The molecule has 0 amide bonds. The number of hydrogen-bond donors (Lipinski definition) is 0. The highest BCUT2D eigenvalue weighted by Gasteiger charge is 2.32. The van der Waals surface area contributed by atoms with Crippen LogP contribution in [0.15, 0.2) is 90.6 Å². The van der Waals surface area contributed by atoms with Crippen molar-refractivity contribution in [1.82, 2.24) is 19.3 Å². The van der Waals surface area contributed by atoms with Gasteiger partial charge in [-0.1, -0.05) is 91.7 Å². The minimum Gasteiger partial charge on any atom is -0.457 e. The zero-order valence-electron chi connectivity index (χ0n) is 32.9. The van der Waals surface area contributed by atoms with Crippen molar-refractivity contribution in [3.63, 3.8) is 0 Å². The summed E-state index contributed by atoms with van der Waals surface area (Å²) in [7, 11) is 0. The van der Waals surface area contributed by atoms with Gasteiger partial charge in [-0.3, -0.25) is 4.57 Å². The molecule has 3 aromatic heterocycles. The van der Waals surface area contributed by atoms with Crippen LogP contribution in [0.5, 0.6) is 11.5 Å². The number of benzene rings is 3. The summed E-state index contributed by atoms with van der Waals surface area (Å²) in [6, 6.07) is 26.1. The molecule has 0 spiro atoms. The van der Waals surface area contributed by atoms with Gasteiger partial charge in [0, 0.05) is 46.3 Å². The van der Waals surface area contributed by atoms with E-state index in [1.807, 2.05) is 6.20 Å². The summed E-state index contributed by atoms with van der Waals surface area (Å²) in [5.74, 6) is 4.46. The largest absolute Gasteiger partial charge is 0.457 e. The molecule has 6 aromatic rings. The first kappa shape index (κ1) is 35.7. The van der Waals surface area contributed by atoms with Crippen LogP contribution in [0.1, 0.15) is 121 Å². The minimum atomic E-state index is 0.0108. The third kappa shape index (κ3) is 6.71. The summed E-state index contributed by atoms with van der Waals surface area (Å²) in [6.45, 7) is 22.8. The van der Waals surface area contributed by atoms with Crippen LogP contribution < -0.4 is 4.74 Å². The van der Waals surface area contributed by atoms with Crippen LogP contribution >= 0.6 is 0 Å². The van der Waals surface area contributed by atoms with Crippen molar-refractivity contribution < 1.29 is 4.74 Å². The van der Waals surface area contributed by atoms with Crippen molar-refractivity contribution in [1.29, 1.82) is 0 Å². The van der Waals surface area contributed by atoms with Crippen LogP contribution in [0.4, 0.5) is 0 Å². The number of aryl methyl sites for hydroxylation is 1. The fourth-order valence-corrected chi connectivity index (χ4v) is 8.62. The number of allylic oxidation sites excluding steroid dienone is 2. The van der Waals surface area contributed by atoms with Gasteiger partial charge in [-0.25, -0.2) is 9.67 Å². The number of para-hydroxylation sites is 1. The Morgan fingerprint density at radius 1 is 0.885 bits per heavy atom. The van der Waals surface area contributed by atoms with Gasteiger partial charge in [0.25, 0.3) is 0 Å². The predicted molar refractivity (Wildman–Crippen MR) is 218 cm³/mol. The van der Waals surface area contributed by atoms with Gasteiger partial charge in [-0.05, 0) is 110 Å². The van der Waals surface area contributed by atoms with Crippen molar-refractivity contribution in [2.45, 2.75) is 112 Å². The van der Waals surface area contributed by atoms with Gasteiger partial charge >= 0.3 is 0 Å². The van der Waals surface area contributed by atoms with E-state index in [-0.39, 0.29) is 5.41 Å². The Morgan fingerprint density at radius 3 is 2.38 bits per heavy atom. The smallest absolute Gasteiger partial charge is 0.137 e. The van der Waals surface area contributed by atoms with Gasteiger partial charge < -0.3 is 4.74 Å². The van der Waals surface area contributed by atoms with Gasteiger partial charge in [-0.2, -0.15) is 5.10 Å². The second-order valence-corrected chi connectivity index (χ2v) is 16.7. The van der Waals surface area contributed by atoms with Crippen molar-refractivity contribution in [2.75, 3.05) is 0 Å². The second-order valence-electron chi connectivity index (χ2n) is 16.7. The summed E-state index contributed by atoms with van der Waals surface area (Å²) in [6.07, 6.45) is 8.91. The number of ether oxygens (including phenoxy) is 1. The van der Waals surface area contributed by atoms with E-state index >= 15 is 0 Å². The summed E-state index contributed by atoms with van der Waals surface area (Å²) in [4.78, 5) is 4.88. The number of unbranched alkanes of at least 4 members (excludes halogenated alkanes) is 1. The maximum absolute atomic E-state index is 6.84. The molecule has 0 saturated carbocycles. The van der Waals surface area contributed by atoms with Crippen LogP contribution in [0.25, 0.3) is 33.3 Å². The fraction of sp³-hybridized carbons (Fsp3) is 0.404. The molecule has 5 nitrogen and oxygen atoms in total. The molecule has 3 aromatic carbocycles. The number of hydrogen-bond acceptors (Lipinski definition) is 3. The number of rotatable bonds is 9. The van der Waals surface area contributed by atoms with Crippen LogP contribution in [-0.2, 0) is 11.8 Å². The third-order valence-corrected chi connectivity index (χ3v) is 11.2. The maximum atomic E-state index is 6.84. The zero-order valence-corrected chi connectivity index (χ0v) is 32.9. The molecule has 1 unspecified atom stereocenters. The van der Waals surface area contributed by atoms with Gasteiger partial charge in [0.2, 0.25) is 0 Å². The van der Waals surface area contributed by atoms with Gasteiger partial charge in [0.1, 0.15) is 17.3 Å². The lowest BCUT2D eigenvalue weighted by Crippen LogP contribution is -2.21. The van der Waals surface area contributed by atoms with Gasteiger partial charge in [0.05, 0.1) is 22.4 Å². The van der Waals surface area contributed by atoms with Crippen molar-refractivity contribution >= 4 is 21.8 Å². The molecule has 3 heterocycles. The Kier molecular flexibility index (Phi) is 9.67. The maximum Gasteiger partial charge on any atom is 0.137 e. The molecule has 52 heavy (non-hydrogen) atoms. The highest BCUT2D eigenvalue weighted by atomic mass is 16.5. The lowest BCUT2D eigenvalue weighted by atomic mass is 9.72. The molecular formula is C47H56N4O.